The van der Waals surface area contributed by atoms with Gasteiger partial charge in [0.1, 0.15) is 5.52 Å². The van der Waals surface area contributed by atoms with Gasteiger partial charge in [-0.3, -0.25) is 4.79 Å². The molecule has 0 aliphatic carbocycles. The van der Waals surface area contributed by atoms with Crippen LogP contribution in [-0.4, -0.2) is 9.97 Å². The molecular weight excluding hydrogens is 236 g/mol. The van der Waals surface area contributed by atoms with Gasteiger partial charge in [0.2, 0.25) is 5.43 Å². The van der Waals surface area contributed by atoms with Crippen LogP contribution in [-0.2, 0) is 0 Å². The molecular formula is C16H12N2O. The lowest BCUT2D eigenvalue weighted by Crippen LogP contribution is -2.03. The van der Waals surface area contributed by atoms with Crippen molar-refractivity contribution < 1.29 is 0 Å². The Morgan fingerprint density at radius 1 is 0.842 bits per heavy atom. The molecule has 19 heavy (non-hydrogen) atoms. The highest BCUT2D eigenvalue weighted by atomic mass is 16.1. The van der Waals surface area contributed by atoms with Gasteiger partial charge >= 0.3 is 0 Å². The number of pyridine rings is 1. The fraction of sp³-hybridized carbons (Fsp3) is 0.0625. The maximum atomic E-state index is 12.5. The van der Waals surface area contributed by atoms with Crippen molar-refractivity contribution in [1.29, 1.82) is 0 Å². The molecule has 0 spiro atoms. The van der Waals surface area contributed by atoms with Gasteiger partial charge in [-0.1, -0.05) is 24.3 Å². The van der Waals surface area contributed by atoms with Crippen LogP contribution in [0.1, 0.15) is 5.56 Å². The Kier molecular flexibility index (Phi) is 1.90. The van der Waals surface area contributed by atoms with E-state index in [1.165, 1.54) is 0 Å². The minimum atomic E-state index is 0.0555. The largest absolute Gasteiger partial charge is 0.353 e. The minimum absolute atomic E-state index is 0.0555. The zero-order valence-electron chi connectivity index (χ0n) is 10.4. The van der Waals surface area contributed by atoms with Gasteiger partial charge < -0.3 is 9.97 Å². The van der Waals surface area contributed by atoms with Gasteiger partial charge in [0.25, 0.3) is 0 Å². The van der Waals surface area contributed by atoms with Crippen molar-refractivity contribution in [3.63, 3.8) is 0 Å². The zero-order chi connectivity index (χ0) is 13.0. The third-order valence-electron chi connectivity index (χ3n) is 3.61. The van der Waals surface area contributed by atoms with Crippen LogP contribution < -0.4 is 5.43 Å². The molecule has 0 aliphatic rings. The van der Waals surface area contributed by atoms with E-state index in [-0.39, 0.29) is 5.43 Å². The Morgan fingerprint density at radius 3 is 2.53 bits per heavy atom. The first-order valence-electron chi connectivity index (χ1n) is 6.27. The molecule has 92 valence electrons. The van der Waals surface area contributed by atoms with Gasteiger partial charge in [-0.05, 0) is 30.7 Å². The summed E-state index contributed by atoms with van der Waals surface area (Å²) in [5.41, 5.74) is 4.61. The highest BCUT2D eigenvalue weighted by molar-refractivity contribution is 6.07. The summed E-state index contributed by atoms with van der Waals surface area (Å²) in [6, 6.07) is 13.8. The molecule has 0 amide bonds. The van der Waals surface area contributed by atoms with Gasteiger partial charge in [-0.25, -0.2) is 0 Å². The molecule has 0 fully saturated rings. The molecule has 0 unspecified atom stereocenters. The van der Waals surface area contributed by atoms with Crippen LogP contribution in [0.4, 0.5) is 0 Å². The van der Waals surface area contributed by atoms with Crippen LogP contribution in [0, 0.1) is 6.92 Å². The number of aromatic nitrogens is 2. The van der Waals surface area contributed by atoms with Crippen molar-refractivity contribution in [3.05, 3.63) is 58.3 Å². The summed E-state index contributed by atoms with van der Waals surface area (Å²) in [6.07, 6.45) is 0. The monoisotopic (exact) mass is 248 g/mol. The number of fused-ring (bicyclic) bond motifs is 4. The third-order valence-corrected chi connectivity index (χ3v) is 3.61. The first kappa shape index (κ1) is 10.4. The van der Waals surface area contributed by atoms with Crippen molar-refractivity contribution >= 4 is 32.8 Å². The average molecular weight is 248 g/mol. The molecule has 2 heterocycles. The SMILES string of the molecule is Cc1ccc2c(=O)c3[nH]c4ccccc4c3[nH]c2c1. The predicted molar refractivity (Wildman–Crippen MR) is 78.7 cm³/mol. The predicted octanol–water partition coefficient (Wildman–Crippen LogP) is 3.47. The Balaban J connectivity index is 2.33. The van der Waals surface area contributed by atoms with Crippen molar-refractivity contribution in [3.8, 4) is 0 Å². The molecule has 2 aromatic carbocycles. The molecule has 0 atom stereocenters. The molecule has 4 rings (SSSR count). The quantitative estimate of drug-likeness (QED) is 0.492. The molecule has 2 aromatic heterocycles. The number of aromatic amines is 2. The standard InChI is InChI=1S/C16H12N2O/c1-9-6-7-11-13(8-9)18-14-10-4-2-3-5-12(10)17-15(14)16(11)19/h2-8,17H,1H3,(H,18,19). The van der Waals surface area contributed by atoms with E-state index in [1.54, 1.807) is 0 Å². The lowest BCUT2D eigenvalue weighted by Gasteiger charge is -2.00. The van der Waals surface area contributed by atoms with Gasteiger partial charge in [-0.15, -0.1) is 0 Å². The maximum Gasteiger partial charge on any atom is 0.213 e. The summed E-state index contributed by atoms with van der Waals surface area (Å²) >= 11 is 0. The number of hydrogen-bond acceptors (Lipinski definition) is 1. The van der Waals surface area contributed by atoms with Crippen LogP contribution in [0.3, 0.4) is 0 Å². The Morgan fingerprint density at radius 2 is 1.63 bits per heavy atom. The molecule has 0 radical (unpaired) electrons. The first-order valence-corrected chi connectivity index (χ1v) is 6.27. The number of nitrogens with one attached hydrogen (secondary N) is 2. The molecule has 0 saturated heterocycles. The van der Waals surface area contributed by atoms with Gasteiger partial charge in [0.15, 0.2) is 0 Å². The highest BCUT2D eigenvalue weighted by Crippen LogP contribution is 2.23. The molecule has 3 heteroatoms. The zero-order valence-corrected chi connectivity index (χ0v) is 10.4. The summed E-state index contributed by atoms with van der Waals surface area (Å²) in [4.78, 5) is 19.1. The van der Waals surface area contributed by atoms with Crippen molar-refractivity contribution in [1.82, 2.24) is 9.97 Å². The van der Waals surface area contributed by atoms with E-state index in [2.05, 4.69) is 9.97 Å². The fourth-order valence-corrected chi connectivity index (χ4v) is 2.67. The second-order valence-electron chi connectivity index (χ2n) is 4.92. The smallest absolute Gasteiger partial charge is 0.213 e. The lowest BCUT2D eigenvalue weighted by molar-refractivity contribution is 1.43. The van der Waals surface area contributed by atoms with E-state index in [0.29, 0.717) is 5.52 Å². The van der Waals surface area contributed by atoms with Crippen LogP contribution in [0.2, 0.25) is 0 Å². The number of aryl methyl sites for hydroxylation is 1. The molecule has 0 bridgehead atoms. The number of H-pyrrole nitrogens is 2. The van der Waals surface area contributed by atoms with Crippen molar-refractivity contribution in [2.75, 3.05) is 0 Å². The molecule has 0 aliphatic heterocycles. The number of rotatable bonds is 0. The summed E-state index contributed by atoms with van der Waals surface area (Å²) in [5.74, 6) is 0. The number of hydrogen-bond donors (Lipinski definition) is 2. The van der Waals surface area contributed by atoms with Gasteiger partial charge in [-0.2, -0.15) is 0 Å². The van der Waals surface area contributed by atoms with Crippen LogP contribution in [0.15, 0.2) is 47.3 Å². The topological polar surface area (TPSA) is 48.6 Å². The summed E-state index contributed by atoms with van der Waals surface area (Å²) in [5, 5.41) is 1.78. The molecule has 2 N–H and O–H groups in total. The second kappa shape index (κ2) is 3.48. The lowest BCUT2D eigenvalue weighted by atomic mass is 10.1. The van der Waals surface area contributed by atoms with Crippen LogP contribution in [0.25, 0.3) is 32.8 Å². The first-order chi connectivity index (χ1) is 9.24. The molecule has 4 aromatic rings. The summed E-state index contributed by atoms with van der Waals surface area (Å²) in [6.45, 7) is 2.02. The van der Waals surface area contributed by atoms with Gasteiger partial charge in [0.05, 0.1) is 11.0 Å². The van der Waals surface area contributed by atoms with Crippen molar-refractivity contribution in [2.24, 2.45) is 0 Å². The van der Waals surface area contributed by atoms with Crippen LogP contribution in [0.5, 0.6) is 0 Å². The normalized spacial score (nSPS) is 11.6. The van der Waals surface area contributed by atoms with E-state index < -0.39 is 0 Å². The summed E-state index contributed by atoms with van der Waals surface area (Å²) in [7, 11) is 0. The second-order valence-corrected chi connectivity index (χ2v) is 4.92. The highest BCUT2D eigenvalue weighted by Gasteiger charge is 2.10. The number of para-hydroxylation sites is 1. The maximum absolute atomic E-state index is 12.5. The minimum Gasteiger partial charge on any atom is -0.353 e. The van der Waals surface area contributed by atoms with Gasteiger partial charge in [0, 0.05) is 16.3 Å². The van der Waals surface area contributed by atoms with E-state index in [4.69, 9.17) is 0 Å². The molecule has 3 nitrogen and oxygen atoms in total. The van der Waals surface area contributed by atoms with E-state index in [1.807, 2.05) is 49.4 Å². The fourth-order valence-electron chi connectivity index (χ4n) is 2.67. The average Bonchev–Trinajstić information content (AvgIpc) is 2.78. The van der Waals surface area contributed by atoms with Crippen LogP contribution >= 0.6 is 0 Å². The van der Waals surface area contributed by atoms with E-state index >= 15 is 0 Å². The number of benzene rings is 2. The van der Waals surface area contributed by atoms with E-state index in [9.17, 15) is 4.79 Å². The third kappa shape index (κ3) is 1.35. The Hall–Kier alpha value is -2.55. The van der Waals surface area contributed by atoms with E-state index in [0.717, 1.165) is 32.9 Å². The Bertz CT molecular complexity index is 992. The molecule has 0 saturated carbocycles. The summed E-state index contributed by atoms with van der Waals surface area (Å²) < 4.78 is 0. The Labute approximate surface area is 108 Å². The van der Waals surface area contributed by atoms with Crippen molar-refractivity contribution in [2.45, 2.75) is 6.92 Å².